The van der Waals surface area contributed by atoms with Gasteiger partial charge >= 0.3 is 0 Å². The summed E-state index contributed by atoms with van der Waals surface area (Å²) in [6.07, 6.45) is -0.0732. The first-order valence-electron chi connectivity index (χ1n) is 5.09. The van der Waals surface area contributed by atoms with Crippen LogP contribution in [0, 0.1) is 6.92 Å². The van der Waals surface area contributed by atoms with Crippen molar-refractivity contribution in [1.82, 2.24) is 9.78 Å². The zero-order chi connectivity index (χ0) is 12.6. The predicted molar refractivity (Wildman–Crippen MR) is 73.6 cm³/mol. The van der Waals surface area contributed by atoms with Crippen molar-refractivity contribution in [2.24, 2.45) is 7.05 Å². The van der Waals surface area contributed by atoms with E-state index in [0.717, 1.165) is 20.6 Å². The molecule has 2 rings (SSSR count). The quantitative estimate of drug-likeness (QED) is 0.932. The highest BCUT2D eigenvalue weighted by Gasteiger charge is 2.20. The number of aryl methyl sites for hydroxylation is 2. The van der Waals surface area contributed by atoms with Crippen molar-refractivity contribution in [3.8, 4) is 0 Å². The Morgan fingerprint density at radius 2 is 2.35 bits per heavy atom. The molecule has 0 aliphatic heterocycles. The van der Waals surface area contributed by atoms with Crippen LogP contribution < -0.4 is 0 Å². The van der Waals surface area contributed by atoms with Gasteiger partial charge in [-0.15, -0.1) is 11.3 Å². The van der Waals surface area contributed by atoms with Crippen LogP contribution >= 0.6 is 38.9 Å². The van der Waals surface area contributed by atoms with E-state index in [4.69, 9.17) is 11.6 Å². The van der Waals surface area contributed by atoms with E-state index in [1.54, 1.807) is 23.1 Å². The number of nitrogens with zero attached hydrogens (tertiary/aromatic N) is 2. The van der Waals surface area contributed by atoms with Gasteiger partial charge in [0.15, 0.2) is 0 Å². The molecule has 2 aromatic heterocycles. The van der Waals surface area contributed by atoms with Gasteiger partial charge in [0.2, 0.25) is 0 Å². The minimum Gasteiger partial charge on any atom is -0.388 e. The Kier molecular flexibility index (Phi) is 3.92. The molecule has 17 heavy (non-hydrogen) atoms. The predicted octanol–water partition coefficient (Wildman–Crippen LogP) is 3.48. The van der Waals surface area contributed by atoms with Gasteiger partial charge in [-0.1, -0.05) is 11.6 Å². The monoisotopic (exact) mass is 334 g/mol. The first kappa shape index (κ1) is 13.1. The lowest BCUT2D eigenvalue weighted by molar-refractivity contribution is 0.178. The van der Waals surface area contributed by atoms with Gasteiger partial charge in [-0.2, -0.15) is 5.10 Å². The van der Waals surface area contributed by atoms with Crippen molar-refractivity contribution in [2.45, 2.75) is 19.4 Å². The highest BCUT2D eigenvalue weighted by molar-refractivity contribution is 9.10. The van der Waals surface area contributed by atoms with Crippen molar-refractivity contribution in [2.75, 3.05) is 0 Å². The average molecular weight is 336 g/mol. The van der Waals surface area contributed by atoms with E-state index in [0.29, 0.717) is 11.6 Å². The number of hydrogen-bond acceptors (Lipinski definition) is 3. The van der Waals surface area contributed by atoms with E-state index in [2.05, 4.69) is 21.0 Å². The molecule has 0 radical (unpaired) electrons. The van der Waals surface area contributed by atoms with Gasteiger partial charge in [-0.3, -0.25) is 4.68 Å². The molecular weight excluding hydrogens is 324 g/mol. The number of aliphatic hydroxyl groups is 1. The molecule has 0 aliphatic carbocycles. The molecule has 1 unspecified atom stereocenters. The molecule has 2 heterocycles. The van der Waals surface area contributed by atoms with E-state index in [-0.39, 0.29) is 0 Å². The lowest BCUT2D eigenvalue weighted by Gasteiger charge is -2.09. The van der Waals surface area contributed by atoms with Crippen molar-refractivity contribution in [1.29, 1.82) is 0 Å². The number of thiophene rings is 1. The maximum atomic E-state index is 10.2. The summed E-state index contributed by atoms with van der Waals surface area (Å²) in [5.41, 5.74) is 1.49. The second kappa shape index (κ2) is 5.10. The van der Waals surface area contributed by atoms with Crippen LogP contribution in [0.5, 0.6) is 0 Å². The fraction of sp³-hybridized carbons (Fsp3) is 0.364. The number of aromatic nitrogens is 2. The van der Waals surface area contributed by atoms with Crippen LogP contribution in [-0.4, -0.2) is 14.9 Å². The zero-order valence-corrected chi connectivity index (χ0v) is 12.6. The molecule has 0 aliphatic rings. The van der Waals surface area contributed by atoms with Gasteiger partial charge in [-0.25, -0.2) is 0 Å². The van der Waals surface area contributed by atoms with E-state index < -0.39 is 6.10 Å². The molecule has 2 aromatic rings. The van der Waals surface area contributed by atoms with Gasteiger partial charge in [0.1, 0.15) is 5.15 Å². The summed E-state index contributed by atoms with van der Waals surface area (Å²) in [7, 11) is 1.77. The summed E-state index contributed by atoms with van der Waals surface area (Å²) < 4.78 is 2.61. The summed E-state index contributed by atoms with van der Waals surface area (Å²) in [5, 5.41) is 16.9. The van der Waals surface area contributed by atoms with Crippen molar-refractivity contribution in [3.05, 3.63) is 37.2 Å². The third kappa shape index (κ3) is 2.57. The van der Waals surface area contributed by atoms with E-state index in [9.17, 15) is 5.11 Å². The molecule has 0 fully saturated rings. The van der Waals surface area contributed by atoms with Crippen LogP contribution in [0.2, 0.25) is 5.15 Å². The highest BCUT2D eigenvalue weighted by Crippen LogP contribution is 2.32. The molecule has 1 N–H and O–H groups in total. The standard InChI is InChI=1S/C11H12BrClN2OS/c1-6-10(11(13)15(2)14-6)8(16)5-9-7(12)3-4-17-9/h3-4,8,16H,5H2,1-2H3. The van der Waals surface area contributed by atoms with Gasteiger partial charge in [-0.05, 0) is 34.3 Å². The maximum Gasteiger partial charge on any atom is 0.132 e. The van der Waals surface area contributed by atoms with Crippen LogP contribution in [0.1, 0.15) is 22.2 Å². The van der Waals surface area contributed by atoms with Gasteiger partial charge < -0.3 is 5.11 Å². The summed E-state index contributed by atoms with van der Waals surface area (Å²) in [5.74, 6) is 0. The Bertz CT molecular complexity index is 538. The second-order valence-corrected chi connectivity index (χ2v) is 6.04. The van der Waals surface area contributed by atoms with Gasteiger partial charge in [0.25, 0.3) is 0 Å². The Morgan fingerprint density at radius 1 is 1.65 bits per heavy atom. The zero-order valence-electron chi connectivity index (χ0n) is 9.44. The molecule has 3 nitrogen and oxygen atoms in total. The molecule has 6 heteroatoms. The molecule has 0 bridgehead atoms. The maximum absolute atomic E-state index is 10.2. The largest absolute Gasteiger partial charge is 0.388 e. The summed E-state index contributed by atoms with van der Waals surface area (Å²) in [6, 6.07) is 1.98. The van der Waals surface area contributed by atoms with Crippen molar-refractivity contribution in [3.63, 3.8) is 0 Å². The molecule has 92 valence electrons. The van der Waals surface area contributed by atoms with Crippen LogP contribution in [0.25, 0.3) is 0 Å². The first-order chi connectivity index (χ1) is 8.00. The Labute approximate surface area is 117 Å². The molecule has 0 saturated heterocycles. The third-order valence-electron chi connectivity index (χ3n) is 2.60. The van der Waals surface area contributed by atoms with Crippen molar-refractivity contribution < 1.29 is 5.11 Å². The lowest BCUT2D eigenvalue weighted by Crippen LogP contribution is -2.02. The summed E-state index contributed by atoms with van der Waals surface area (Å²) in [6.45, 7) is 1.86. The molecule has 0 aromatic carbocycles. The summed E-state index contributed by atoms with van der Waals surface area (Å²) >= 11 is 11.2. The Hall–Kier alpha value is -0.360. The number of aliphatic hydroxyl groups excluding tert-OH is 1. The third-order valence-corrected chi connectivity index (χ3v) is 5.00. The van der Waals surface area contributed by atoms with E-state index in [1.165, 1.54) is 0 Å². The molecular formula is C11H12BrClN2OS. The van der Waals surface area contributed by atoms with E-state index >= 15 is 0 Å². The van der Waals surface area contributed by atoms with Crippen LogP contribution in [-0.2, 0) is 13.5 Å². The average Bonchev–Trinajstić information content (AvgIpc) is 2.74. The number of rotatable bonds is 3. The van der Waals surface area contributed by atoms with E-state index in [1.807, 2.05) is 18.4 Å². The SMILES string of the molecule is Cc1nn(C)c(Cl)c1C(O)Cc1sccc1Br. The Morgan fingerprint density at radius 3 is 2.82 bits per heavy atom. The fourth-order valence-electron chi connectivity index (χ4n) is 1.77. The summed E-state index contributed by atoms with van der Waals surface area (Å²) in [4.78, 5) is 1.11. The van der Waals surface area contributed by atoms with Crippen LogP contribution in [0.4, 0.5) is 0 Å². The second-order valence-electron chi connectivity index (χ2n) is 3.83. The molecule has 0 spiro atoms. The van der Waals surface area contributed by atoms with Crippen LogP contribution in [0.15, 0.2) is 15.9 Å². The first-order valence-corrected chi connectivity index (χ1v) is 7.14. The fourth-order valence-corrected chi connectivity index (χ4v) is 3.63. The number of hydrogen-bond donors (Lipinski definition) is 1. The van der Waals surface area contributed by atoms with Gasteiger partial charge in [0.05, 0.1) is 11.8 Å². The molecule has 0 amide bonds. The van der Waals surface area contributed by atoms with Gasteiger partial charge in [0, 0.05) is 28.4 Å². The minimum atomic E-state index is -0.619. The highest BCUT2D eigenvalue weighted by atomic mass is 79.9. The Balaban J connectivity index is 2.26. The normalized spacial score (nSPS) is 13.0. The smallest absolute Gasteiger partial charge is 0.132 e. The molecule has 0 saturated carbocycles. The van der Waals surface area contributed by atoms with Crippen molar-refractivity contribution >= 4 is 38.9 Å². The van der Waals surface area contributed by atoms with Crippen LogP contribution in [0.3, 0.4) is 0 Å². The number of halogens is 2. The molecule has 1 atom stereocenters. The minimum absolute atomic E-state index is 0.502. The topological polar surface area (TPSA) is 38.0 Å². The lowest BCUT2D eigenvalue weighted by atomic mass is 10.1.